The zero-order valence-corrected chi connectivity index (χ0v) is 19.9. The number of amides is 1. The molecule has 2 heterocycles. The molecule has 0 spiro atoms. The van der Waals surface area contributed by atoms with Crippen molar-refractivity contribution in [2.75, 3.05) is 7.11 Å². The van der Waals surface area contributed by atoms with Crippen molar-refractivity contribution in [2.24, 2.45) is 0 Å². The minimum atomic E-state index is -0.748. The van der Waals surface area contributed by atoms with Crippen molar-refractivity contribution in [3.05, 3.63) is 106 Å². The van der Waals surface area contributed by atoms with Crippen molar-refractivity contribution in [2.45, 2.75) is 12.6 Å². The Bertz CT molecular complexity index is 1420. The number of aliphatic hydroxyl groups is 1. The fraction of sp³-hybridized carbons (Fsp3) is 0.111. The monoisotopic (exact) mass is 516 g/mol. The number of ketones is 1. The number of para-hydroxylation sites is 1. The summed E-state index contributed by atoms with van der Waals surface area (Å²) in [5, 5.41) is 12.1. The number of aromatic amines is 1. The number of H-pyrrole nitrogens is 1. The van der Waals surface area contributed by atoms with Crippen molar-refractivity contribution in [1.29, 1.82) is 0 Å². The number of fused-ring (bicyclic) bond motifs is 1. The van der Waals surface area contributed by atoms with Crippen LogP contribution in [0.3, 0.4) is 0 Å². The number of carbonyl (C=O) groups is 2. The van der Waals surface area contributed by atoms with Crippen molar-refractivity contribution < 1.29 is 19.4 Å². The smallest absolute Gasteiger partial charge is 0.295 e. The van der Waals surface area contributed by atoms with E-state index in [0.29, 0.717) is 11.3 Å². The Morgan fingerprint density at radius 3 is 2.44 bits per heavy atom. The Kier molecular flexibility index (Phi) is 5.71. The number of hydrogen-bond donors (Lipinski definition) is 2. The lowest BCUT2D eigenvalue weighted by Gasteiger charge is -2.25. The number of aliphatic hydroxyl groups excluding tert-OH is 1. The number of halogens is 1. The fourth-order valence-corrected chi connectivity index (χ4v) is 4.64. The van der Waals surface area contributed by atoms with E-state index in [9.17, 15) is 14.7 Å². The zero-order chi connectivity index (χ0) is 23.8. The van der Waals surface area contributed by atoms with Crippen molar-refractivity contribution in [3.8, 4) is 5.75 Å². The molecule has 1 fully saturated rings. The van der Waals surface area contributed by atoms with E-state index in [1.165, 1.54) is 4.90 Å². The summed E-state index contributed by atoms with van der Waals surface area (Å²) in [7, 11) is 1.59. The van der Waals surface area contributed by atoms with Crippen LogP contribution in [0.4, 0.5) is 0 Å². The Labute approximate surface area is 204 Å². The Morgan fingerprint density at radius 1 is 1.03 bits per heavy atom. The van der Waals surface area contributed by atoms with Gasteiger partial charge in [-0.15, -0.1) is 0 Å². The van der Waals surface area contributed by atoms with Gasteiger partial charge in [-0.3, -0.25) is 9.59 Å². The molecule has 6 nitrogen and oxygen atoms in total. The summed E-state index contributed by atoms with van der Waals surface area (Å²) in [5.74, 6) is -0.846. The second-order valence-electron chi connectivity index (χ2n) is 8.07. The molecule has 0 aliphatic carbocycles. The summed E-state index contributed by atoms with van der Waals surface area (Å²) >= 11 is 3.39. The third-order valence-electron chi connectivity index (χ3n) is 6.09. The van der Waals surface area contributed by atoms with Gasteiger partial charge in [0, 0.05) is 39.2 Å². The lowest BCUT2D eigenvalue weighted by Crippen LogP contribution is -2.29. The maximum Gasteiger partial charge on any atom is 0.295 e. The molecule has 1 aliphatic heterocycles. The molecule has 5 rings (SSSR count). The minimum absolute atomic E-state index is 0.0746. The van der Waals surface area contributed by atoms with Gasteiger partial charge in [0.15, 0.2) is 0 Å². The number of nitrogens with zero attached hydrogens (tertiary/aromatic N) is 1. The number of carbonyl (C=O) groups excluding carboxylic acids is 2. The first-order chi connectivity index (χ1) is 16.5. The average Bonchev–Trinajstić information content (AvgIpc) is 3.39. The lowest BCUT2D eigenvalue weighted by molar-refractivity contribution is -0.140. The van der Waals surface area contributed by atoms with Crippen molar-refractivity contribution in [3.63, 3.8) is 0 Å². The SMILES string of the molecule is COc1ccc(CN2C(=O)C(=O)/C(=C(/O)c3ccc(Br)cc3)C2c2c[nH]c3ccccc23)cc1. The third-order valence-corrected chi connectivity index (χ3v) is 6.61. The molecule has 0 radical (unpaired) electrons. The van der Waals surface area contributed by atoms with E-state index in [4.69, 9.17) is 4.74 Å². The molecule has 3 aromatic carbocycles. The summed E-state index contributed by atoms with van der Waals surface area (Å²) in [6.07, 6.45) is 1.80. The first-order valence-electron chi connectivity index (χ1n) is 10.7. The van der Waals surface area contributed by atoms with E-state index in [-0.39, 0.29) is 17.9 Å². The molecular weight excluding hydrogens is 496 g/mol. The molecule has 0 saturated carbocycles. The summed E-state index contributed by atoms with van der Waals surface area (Å²) in [6.45, 7) is 0.204. The van der Waals surface area contributed by atoms with Crippen LogP contribution in [0.5, 0.6) is 5.75 Å². The quantitative estimate of drug-likeness (QED) is 0.206. The minimum Gasteiger partial charge on any atom is -0.507 e. The fourth-order valence-electron chi connectivity index (χ4n) is 4.38. The number of likely N-dealkylation sites (tertiary alicyclic amines) is 1. The van der Waals surface area contributed by atoms with Crippen molar-refractivity contribution >= 4 is 44.3 Å². The maximum atomic E-state index is 13.3. The highest BCUT2D eigenvalue weighted by Crippen LogP contribution is 2.42. The van der Waals surface area contributed by atoms with Crippen LogP contribution in [0.2, 0.25) is 0 Å². The van der Waals surface area contributed by atoms with Crippen LogP contribution in [0, 0.1) is 0 Å². The summed E-state index contributed by atoms with van der Waals surface area (Å²) < 4.78 is 6.07. The Morgan fingerprint density at radius 2 is 1.74 bits per heavy atom. The number of nitrogens with one attached hydrogen (secondary N) is 1. The lowest BCUT2D eigenvalue weighted by atomic mass is 9.95. The molecule has 1 saturated heterocycles. The van der Waals surface area contributed by atoms with Gasteiger partial charge in [0.2, 0.25) is 0 Å². The molecule has 1 atom stereocenters. The maximum absolute atomic E-state index is 13.3. The average molecular weight is 517 g/mol. The zero-order valence-electron chi connectivity index (χ0n) is 18.3. The van der Waals surface area contributed by atoms with Crippen LogP contribution >= 0.6 is 15.9 Å². The van der Waals surface area contributed by atoms with Gasteiger partial charge < -0.3 is 19.7 Å². The molecule has 34 heavy (non-hydrogen) atoms. The molecule has 170 valence electrons. The highest BCUT2D eigenvalue weighted by molar-refractivity contribution is 9.10. The molecule has 0 bridgehead atoms. The van der Waals surface area contributed by atoms with E-state index in [1.54, 1.807) is 37.6 Å². The predicted octanol–water partition coefficient (Wildman–Crippen LogP) is 5.56. The van der Waals surface area contributed by atoms with Gasteiger partial charge in [-0.25, -0.2) is 0 Å². The van der Waals surface area contributed by atoms with Gasteiger partial charge in [0.05, 0.1) is 18.7 Å². The normalized spacial score (nSPS) is 17.5. The van der Waals surface area contributed by atoms with Gasteiger partial charge in [-0.1, -0.05) is 58.4 Å². The van der Waals surface area contributed by atoms with Crippen LogP contribution in [0.1, 0.15) is 22.7 Å². The molecule has 1 aliphatic rings. The number of methoxy groups -OCH3 is 1. The Hall–Kier alpha value is -3.84. The van der Waals surface area contributed by atoms with Gasteiger partial charge in [-0.05, 0) is 35.9 Å². The molecule has 1 aromatic heterocycles. The van der Waals surface area contributed by atoms with E-state index >= 15 is 0 Å². The van der Waals surface area contributed by atoms with E-state index in [0.717, 1.165) is 26.5 Å². The standard InChI is InChI=1S/C27H21BrN2O4/c1-34-19-12-6-16(7-13-19)15-30-24(21-14-29-22-5-3-2-4-20(21)22)23(26(32)27(30)33)25(31)17-8-10-18(28)11-9-17/h2-14,24,29,31H,15H2,1H3/b25-23+. The summed E-state index contributed by atoms with van der Waals surface area (Å²) in [4.78, 5) is 31.3. The number of benzene rings is 3. The van der Waals surface area contributed by atoms with Crippen LogP contribution in [-0.4, -0.2) is 33.8 Å². The second kappa shape index (κ2) is 8.83. The number of ether oxygens (including phenoxy) is 1. The van der Waals surface area contributed by atoms with Gasteiger partial charge in [0.25, 0.3) is 11.7 Å². The van der Waals surface area contributed by atoms with Crippen LogP contribution in [0.25, 0.3) is 16.7 Å². The molecule has 1 unspecified atom stereocenters. The van der Waals surface area contributed by atoms with Crippen LogP contribution in [-0.2, 0) is 16.1 Å². The molecular formula is C27H21BrN2O4. The topological polar surface area (TPSA) is 82.6 Å². The highest BCUT2D eigenvalue weighted by Gasteiger charge is 2.46. The largest absolute Gasteiger partial charge is 0.507 e. The summed E-state index contributed by atoms with van der Waals surface area (Å²) in [6, 6.07) is 21.3. The number of rotatable bonds is 5. The first kappa shape index (κ1) is 22.0. The summed E-state index contributed by atoms with van der Waals surface area (Å²) in [5.41, 5.74) is 3.02. The molecule has 7 heteroatoms. The Balaban J connectivity index is 1.67. The van der Waals surface area contributed by atoms with E-state index in [2.05, 4.69) is 20.9 Å². The molecule has 4 aromatic rings. The highest BCUT2D eigenvalue weighted by atomic mass is 79.9. The first-order valence-corrected chi connectivity index (χ1v) is 11.5. The van der Waals surface area contributed by atoms with Gasteiger partial charge in [-0.2, -0.15) is 0 Å². The third kappa shape index (κ3) is 3.78. The number of Topliss-reactive ketones (excluding diaryl/α,β-unsaturated/α-hetero) is 1. The number of aromatic nitrogens is 1. The van der Waals surface area contributed by atoms with Crippen molar-refractivity contribution in [1.82, 2.24) is 9.88 Å². The van der Waals surface area contributed by atoms with Gasteiger partial charge in [0.1, 0.15) is 11.5 Å². The predicted molar refractivity (Wildman–Crippen MR) is 133 cm³/mol. The molecule has 1 amide bonds. The van der Waals surface area contributed by atoms with Crippen LogP contribution < -0.4 is 4.74 Å². The number of hydrogen-bond acceptors (Lipinski definition) is 4. The van der Waals surface area contributed by atoms with E-state index in [1.807, 2.05) is 48.5 Å². The molecule has 2 N–H and O–H groups in total. The van der Waals surface area contributed by atoms with Crippen LogP contribution in [0.15, 0.2) is 89.0 Å². The second-order valence-corrected chi connectivity index (χ2v) is 8.99. The van der Waals surface area contributed by atoms with E-state index < -0.39 is 17.7 Å². The van der Waals surface area contributed by atoms with Gasteiger partial charge >= 0.3 is 0 Å².